The molecule has 0 radical (unpaired) electrons. The summed E-state index contributed by atoms with van der Waals surface area (Å²) in [4.78, 5) is 4.60. The van der Waals surface area contributed by atoms with Crippen LogP contribution in [0.2, 0.25) is 10.0 Å². The molecule has 0 bridgehead atoms. The number of hydrogen-bond donors (Lipinski definition) is 1. The van der Waals surface area contributed by atoms with Crippen LogP contribution in [0.25, 0.3) is 16.9 Å². The predicted octanol–water partition coefficient (Wildman–Crippen LogP) is 5.10. The van der Waals surface area contributed by atoms with Crippen molar-refractivity contribution >= 4 is 28.8 Å². The Hall–Kier alpha value is -1.55. The maximum absolute atomic E-state index is 9.79. The summed E-state index contributed by atoms with van der Waals surface area (Å²) in [5.41, 5.74) is 4.27. The Morgan fingerprint density at radius 1 is 1.13 bits per heavy atom. The zero-order valence-corrected chi connectivity index (χ0v) is 14.8. The second-order valence-electron chi connectivity index (χ2n) is 6.59. The first-order chi connectivity index (χ1) is 10.8. The summed E-state index contributed by atoms with van der Waals surface area (Å²) in [5.74, 6) is 0. The molecule has 5 heteroatoms. The Kier molecular flexibility index (Phi) is 4.13. The molecule has 0 aliphatic heterocycles. The van der Waals surface area contributed by atoms with Crippen molar-refractivity contribution in [3.63, 3.8) is 0 Å². The molecular weight excluding hydrogens is 331 g/mol. The van der Waals surface area contributed by atoms with E-state index < -0.39 is 0 Å². The van der Waals surface area contributed by atoms with Crippen LogP contribution in [0.5, 0.6) is 0 Å². The van der Waals surface area contributed by atoms with Gasteiger partial charge >= 0.3 is 0 Å². The van der Waals surface area contributed by atoms with Crippen molar-refractivity contribution in [2.45, 2.75) is 32.8 Å². The highest BCUT2D eigenvalue weighted by Gasteiger charge is 2.18. The summed E-state index contributed by atoms with van der Waals surface area (Å²) in [6.45, 7) is 6.38. The van der Waals surface area contributed by atoms with Gasteiger partial charge in [-0.3, -0.25) is 4.40 Å². The predicted molar refractivity (Wildman–Crippen MR) is 95.3 cm³/mol. The van der Waals surface area contributed by atoms with Crippen LogP contribution in [-0.2, 0) is 12.0 Å². The molecule has 0 amide bonds. The summed E-state index contributed by atoms with van der Waals surface area (Å²) in [5, 5.41) is 10.8. The summed E-state index contributed by atoms with van der Waals surface area (Å²) >= 11 is 12.3. The second-order valence-corrected chi connectivity index (χ2v) is 7.44. The molecule has 0 unspecified atom stereocenters. The summed E-state index contributed by atoms with van der Waals surface area (Å²) in [7, 11) is 0. The van der Waals surface area contributed by atoms with Gasteiger partial charge in [0.1, 0.15) is 0 Å². The molecule has 0 fully saturated rings. The van der Waals surface area contributed by atoms with Gasteiger partial charge in [0.05, 0.1) is 28.0 Å². The van der Waals surface area contributed by atoms with Crippen LogP contribution in [-0.4, -0.2) is 14.5 Å². The zero-order chi connectivity index (χ0) is 16.8. The van der Waals surface area contributed by atoms with Crippen LogP contribution in [0.4, 0.5) is 0 Å². The van der Waals surface area contributed by atoms with Gasteiger partial charge in [0.2, 0.25) is 0 Å². The topological polar surface area (TPSA) is 37.5 Å². The first kappa shape index (κ1) is 16.3. The maximum atomic E-state index is 9.79. The molecule has 0 aliphatic rings. The number of rotatable bonds is 2. The number of aliphatic hydroxyl groups is 1. The van der Waals surface area contributed by atoms with Gasteiger partial charge in [-0.2, -0.15) is 0 Å². The molecule has 3 aromatic rings. The van der Waals surface area contributed by atoms with Crippen molar-refractivity contribution in [3.8, 4) is 11.3 Å². The van der Waals surface area contributed by atoms with E-state index in [0.717, 1.165) is 11.3 Å². The van der Waals surface area contributed by atoms with Gasteiger partial charge < -0.3 is 5.11 Å². The van der Waals surface area contributed by atoms with Crippen molar-refractivity contribution in [3.05, 3.63) is 57.8 Å². The number of aliphatic hydroxyl groups excluding tert-OH is 1. The van der Waals surface area contributed by atoms with Crippen LogP contribution < -0.4 is 0 Å². The van der Waals surface area contributed by atoms with Crippen LogP contribution >= 0.6 is 23.2 Å². The number of imidazole rings is 1. The van der Waals surface area contributed by atoms with Crippen LogP contribution in [0, 0.1) is 0 Å². The molecule has 0 aliphatic carbocycles. The van der Waals surface area contributed by atoms with E-state index in [0.29, 0.717) is 21.4 Å². The molecule has 3 rings (SSSR count). The van der Waals surface area contributed by atoms with Crippen LogP contribution in [0.15, 0.2) is 36.5 Å². The Labute approximate surface area is 145 Å². The number of halogens is 2. The van der Waals surface area contributed by atoms with Crippen molar-refractivity contribution in [1.82, 2.24) is 9.38 Å². The zero-order valence-electron chi connectivity index (χ0n) is 13.3. The minimum absolute atomic E-state index is 0.0914. The lowest BCUT2D eigenvalue weighted by Crippen LogP contribution is -2.10. The van der Waals surface area contributed by atoms with Gasteiger partial charge in [-0.05, 0) is 17.0 Å². The molecule has 1 N–H and O–H groups in total. The molecule has 0 spiro atoms. The summed E-state index contributed by atoms with van der Waals surface area (Å²) in [6.07, 6.45) is 1.72. The molecule has 3 nitrogen and oxygen atoms in total. The molecule has 0 saturated heterocycles. The minimum Gasteiger partial charge on any atom is -0.390 e. The van der Waals surface area contributed by atoms with E-state index >= 15 is 0 Å². The van der Waals surface area contributed by atoms with Gasteiger partial charge in [-0.15, -0.1) is 0 Å². The highest BCUT2D eigenvalue weighted by molar-refractivity contribution is 6.36. The first-order valence-electron chi connectivity index (χ1n) is 7.39. The number of nitrogens with zero attached hydrogens (tertiary/aromatic N) is 2. The minimum atomic E-state index is -0.145. The fraction of sp³-hybridized carbons (Fsp3) is 0.278. The number of hydrogen-bond acceptors (Lipinski definition) is 2. The van der Waals surface area contributed by atoms with Crippen molar-refractivity contribution < 1.29 is 5.11 Å². The quantitative estimate of drug-likeness (QED) is 0.699. The SMILES string of the molecule is CC(C)(C)c1ccc(-c2nc3c(Cl)cc(Cl)cn3c2CO)cc1. The molecule has 0 saturated carbocycles. The van der Waals surface area contributed by atoms with Crippen LogP contribution in [0.1, 0.15) is 32.0 Å². The van der Waals surface area contributed by atoms with Crippen molar-refractivity contribution in [2.24, 2.45) is 0 Å². The molecule has 23 heavy (non-hydrogen) atoms. The van der Waals surface area contributed by atoms with E-state index in [1.54, 1.807) is 16.7 Å². The highest BCUT2D eigenvalue weighted by atomic mass is 35.5. The third-order valence-corrected chi connectivity index (χ3v) is 4.40. The lowest BCUT2D eigenvalue weighted by atomic mass is 9.86. The Bertz CT molecular complexity index is 861. The van der Waals surface area contributed by atoms with Crippen molar-refractivity contribution in [1.29, 1.82) is 0 Å². The van der Waals surface area contributed by atoms with E-state index in [4.69, 9.17) is 23.2 Å². The van der Waals surface area contributed by atoms with Gasteiger partial charge in [-0.25, -0.2) is 4.98 Å². The number of aromatic nitrogens is 2. The Morgan fingerprint density at radius 2 is 1.78 bits per heavy atom. The third-order valence-electron chi connectivity index (χ3n) is 3.91. The first-order valence-corrected chi connectivity index (χ1v) is 8.14. The lowest BCUT2D eigenvalue weighted by Gasteiger charge is -2.19. The van der Waals surface area contributed by atoms with Gasteiger partial charge in [0.15, 0.2) is 5.65 Å². The second kappa shape index (κ2) is 5.82. The van der Waals surface area contributed by atoms with Gasteiger partial charge in [-0.1, -0.05) is 68.2 Å². The van der Waals surface area contributed by atoms with Gasteiger partial charge in [0.25, 0.3) is 0 Å². The molecular formula is C18H18Cl2N2O. The van der Waals surface area contributed by atoms with E-state index in [1.807, 2.05) is 12.1 Å². The van der Waals surface area contributed by atoms with Crippen molar-refractivity contribution in [2.75, 3.05) is 0 Å². The lowest BCUT2D eigenvalue weighted by molar-refractivity contribution is 0.276. The molecule has 2 aromatic heterocycles. The normalized spacial score (nSPS) is 12.1. The number of pyridine rings is 1. The highest BCUT2D eigenvalue weighted by Crippen LogP contribution is 2.31. The van der Waals surface area contributed by atoms with E-state index in [-0.39, 0.29) is 12.0 Å². The largest absolute Gasteiger partial charge is 0.390 e. The molecule has 2 heterocycles. The van der Waals surface area contributed by atoms with E-state index in [2.05, 4.69) is 37.9 Å². The fourth-order valence-corrected chi connectivity index (χ4v) is 3.14. The number of fused-ring (bicyclic) bond motifs is 1. The van der Waals surface area contributed by atoms with E-state index in [9.17, 15) is 5.11 Å². The third kappa shape index (κ3) is 2.97. The monoisotopic (exact) mass is 348 g/mol. The average molecular weight is 349 g/mol. The van der Waals surface area contributed by atoms with E-state index in [1.165, 1.54) is 5.56 Å². The average Bonchev–Trinajstić information content (AvgIpc) is 2.85. The Balaban J connectivity index is 2.18. The fourth-order valence-electron chi connectivity index (χ4n) is 2.63. The smallest absolute Gasteiger partial charge is 0.156 e. The maximum Gasteiger partial charge on any atom is 0.156 e. The van der Waals surface area contributed by atoms with Gasteiger partial charge in [0, 0.05) is 11.8 Å². The standard InChI is InChI=1S/C18H18Cl2N2O/c1-18(2,3)12-6-4-11(5-7-12)16-15(10-23)22-9-13(19)8-14(20)17(22)21-16/h4-9,23H,10H2,1-3H3. The summed E-state index contributed by atoms with van der Waals surface area (Å²) in [6, 6.07) is 9.89. The number of benzene rings is 1. The summed E-state index contributed by atoms with van der Waals surface area (Å²) < 4.78 is 1.75. The molecule has 120 valence electrons. The molecule has 1 aromatic carbocycles. The Morgan fingerprint density at radius 3 is 2.35 bits per heavy atom. The van der Waals surface area contributed by atoms with Crippen LogP contribution in [0.3, 0.4) is 0 Å². The molecule has 0 atom stereocenters.